The highest BCUT2D eigenvalue weighted by atomic mass is 32.1. The Kier molecular flexibility index (Phi) is 3.33. The predicted octanol–water partition coefficient (Wildman–Crippen LogP) is 2.72. The van der Waals surface area contributed by atoms with Crippen molar-refractivity contribution in [3.05, 3.63) is 27.4 Å². The maximum absolute atomic E-state index is 11.1. The Balaban J connectivity index is 2.46. The lowest BCUT2D eigenvalue weighted by Crippen LogP contribution is -1.94. The fraction of sp³-hybridized carbons (Fsp3) is 0.200. The third kappa shape index (κ3) is 2.13. The Labute approximate surface area is 100 Å². The molecule has 0 atom stereocenters. The fourth-order valence-corrected chi connectivity index (χ4v) is 2.95. The molecule has 4 nitrogen and oxygen atoms in total. The van der Waals surface area contributed by atoms with Crippen LogP contribution in [0.15, 0.2) is 17.5 Å². The van der Waals surface area contributed by atoms with Crippen LogP contribution in [0.4, 0.5) is 0 Å². The van der Waals surface area contributed by atoms with E-state index in [9.17, 15) is 4.79 Å². The van der Waals surface area contributed by atoms with Crippen molar-refractivity contribution in [2.75, 3.05) is 7.11 Å². The van der Waals surface area contributed by atoms with Gasteiger partial charge in [-0.15, -0.1) is 22.7 Å². The largest absolute Gasteiger partial charge is 0.477 e. The predicted molar refractivity (Wildman–Crippen MR) is 63.1 cm³/mol. The highest BCUT2D eigenvalue weighted by Gasteiger charge is 2.19. The van der Waals surface area contributed by atoms with Crippen LogP contribution in [0.2, 0.25) is 0 Å². The zero-order valence-electron chi connectivity index (χ0n) is 8.47. The summed E-state index contributed by atoms with van der Waals surface area (Å²) in [6.45, 7) is 0.344. The van der Waals surface area contributed by atoms with Crippen LogP contribution in [0.25, 0.3) is 10.6 Å². The van der Waals surface area contributed by atoms with Crippen LogP contribution in [-0.2, 0) is 11.3 Å². The van der Waals surface area contributed by atoms with Crippen molar-refractivity contribution in [3.8, 4) is 10.6 Å². The van der Waals surface area contributed by atoms with Gasteiger partial charge in [-0.25, -0.2) is 9.78 Å². The first-order chi connectivity index (χ1) is 7.72. The van der Waals surface area contributed by atoms with Crippen LogP contribution in [0.5, 0.6) is 0 Å². The number of methoxy groups -OCH3 is 1. The summed E-state index contributed by atoms with van der Waals surface area (Å²) >= 11 is 2.64. The minimum absolute atomic E-state index is 0.273. The Morgan fingerprint density at radius 2 is 2.44 bits per heavy atom. The van der Waals surface area contributed by atoms with Crippen LogP contribution in [0.3, 0.4) is 0 Å². The number of ether oxygens (including phenoxy) is 1. The van der Waals surface area contributed by atoms with Gasteiger partial charge in [0.2, 0.25) is 0 Å². The molecule has 0 saturated heterocycles. The van der Waals surface area contributed by atoms with Crippen LogP contribution < -0.4 is 0 Å². The molecule has 2 aromatic heterocycles. The summed E-state index contributed by atoms with van der Waals surface area (Å²) in [6.07, 6.45) is 0. The van der Waals surface area contributed by atoms with Gasteiger partial charge in [0.25, 0.3) is 0 Å². The Hall–Kier alpha value is -1.24. The van der Waals surface area contributed by atoms with Crippen LogP contribution in [0.1, 0.15) is 14.7 Å². The number of thiophene rings is 1. The molecule has 2 heterocycles. The molecule has 2 aromatic rings. The lowest BCUT2D eigenvalue weighted by atomic mass is 10.3. The number of nitrogens with zero attached hydrogens (tertiary/aromatic N) is 1. The molecule has 0 aliphatic rings. The van der Waals surface area contributed by atoms with Gasteiger partial charge in [0.05, 0.1) is 11.5 Å². The number of carboxylic acids is 1. The molecule has 0 spiro atoms. The summed E-state index contributed by atoms with van der Waals surface area (Å²) in [4.78, 5) is 16.5. The smallest absolute Gasteiger partial charge is 0.348 e. The molecule has 0 aliphatic heterocycles. The monoisotopic (exact) mass is 255 g/mol. The SMILES string of the molecule is COCc1nc(-c2cccs2)c(C(=O)O)s1. The summed E-state index contributed by atoms with van der Waals surface area (Å²) < 4.78 is 4.95. The van der Waals surface area contributed by atoms with Gasteiger partial charge in [-0.05, 0) is 11.4 Å². The van der Waals surface area contributed by atoms with E-state index in [4.69, 9.17) is 9.84 Å². The molecule has 0 aromatic carbocycles. The van der Waals surface area contributed by atoms with Gasteiger partial charge in [-0.1, -0.05) is 6.07 Å². The summed E-state index contributed by atoms with van der Waals surface area (Å²) in [6, 6.07) is 3.74. The first kappa shape index (κ1) is 11.3. The molecule has 1 N–H and O–H groups in total. The number of carboxylic acid groups (broad SMARTS) is 1. The summed E-state index contributed by atoms with van der Waals surface area (Å²) in [5.41, 5.74) is 0.541. The molecule has 0 bridgehead atoms. The van der Waals surface area contributed by atoms with E-state index in [1.54, 1.807) is 7.11 Å². The second-order valence-electron chi connectivity index (χ2n) is 3.00. The first-order valence-electron chi connectivity index (χ1n) is 4.48. The zero-order valence-corrected chi connectivity index (χ0v) is 10.1. The zero-order chi connectivity index (χ0) is 11.5. The van der Waals surface area contributed by atoms with E-state index >= 15 is 0 Å². The van der Waals surface area contributed by atoms with E-state index in [0.29, 0.717) is 17.3 Å². The van der Waals surface area contributed by atoms with Crippen molar-refractivity contribution in [3.63, 3.8) is 0 Å². The van der Waals surface area contributed by atoms with Gasteiger partial charge < -0.3 is 9.84 Å². The molecule has 16 heavy (non-hydrogen) atoms. The lowest BCUT2D eigenvalue weighted by Gasteiger charge is -1.92. The molecule has 0 saturated carbocycles. The van der Waals surface area contributed by atoms with E-state index < -0.39 is 5.97 Å². The number of carbonyl (C=O) groups is 1. The summed E-state index contributed by atoms with van der Waals surface area (Å²) in [7, 11) is 1.56. The second-order valence-corrected chi connectivity index (χ2v) is 5.03. The molecule has 0 unspecified atom stereocenters. The molecule has 0 fully saturated rings. The Morgan fingerprint density at radius 1 is 1.62 bits per heavy atom. The highest BCUT2D eigenvalue weighted by Crippen LogP contribution is 2.31. The number of hydrogen-bond donors (Lipinski definition) is 1. The maximum atomic E-state index is 11.1. The minimum atomic E-state index is -0.941. The van der Waals surface area contributed by atoms with Gasteiger partial charge in [-0.2, -0.15) is 0 Å². The molecule has 0 aliphatic carbocycles. The number of aromatic carboxylic acids is 1. The van der Waals surface area contributed by atoms with Gasteiger partial charge >= 0.3 is 5.97 Å². The van der Waals surface area contributed by atoms with Crippen molar-refractivity contribution in [1.82, 2.24) is 4.98 Å². The second kappa shape index (κ2) is 4.73. The molecule has 84 valence electrons. The summed E-state index contributed by atoms with van der Waals surface area (Å²) in [5, 5.41) is 11.7. The van der Waals surface area contributed by atoms with Crippen molar-refractivity contribution in [2.45, 2.75) is 6.61 Å². The Bertz CT molecular complexity index is 490. The van der Waals surface area contributed by atoms with Crippen LogP contribution in [0, 0.1) is 0 Å². The molecular weight excluding hydrogens is 246 g/mol. The Morgan fingerprint density at radius 3 is 3.00 bits per heavy atom. The molecule has 0 radical (unpaired) electrons. The molecule has 6 heteroatoms. The number of aromatic nitrogens is 1. The minimum Gasteiger partial charge on any atom is -0.477 e. The van der Waals surface area contributed by atoms with E-state index in [0.717, 1.165) is 16.2 Å². The third-order valence-electron chi connectivity index (χ3n) is 1.89. The maximum Gasteiger partial charge on any atom is 0.348 e. The van der Waals surface area contributed by atoms with E-state index in [-0.39, 0.29) is 4.88 Å². The number of thiazole rings is 1. The lowest BCUT2D eigenvalue weighted by molar-refractivity contribution is 0.0703. The fourth-order valence-electron chi connectivity index (χ4n) is 1.27. The van der Waals surface area contributed by atoms with Crippen LogP contribution >= 0.6 is 22.7 Å². The molecular formula is C10H9NO3S2. The van der Waals surface area contributed by atoms with Gasteiger partial charge in [0.1, 0.15) is 15.6 Å². The van der Waals surface area contributed by atoms with Crippen molar-refractivity contribution >= 4 is 28.6 Å². The number of hydrogen-bond acceptors (Lipinski definition) is 5. The van der Waals surface area contributed by atoms with Gasteiger partial charge in [0.15, 0.2) is 0 Å². The van der Waals surface area contributed by atoms with Gasteiger partial charge in [0, 0.05) is 7.11 Å². The average molecular weight is 255 g/mol. The quantitative estimate of drug-likeness (QED) is 0.912. The first-order valence-corrected chi connectivity index (χ1v) is 6.17. The average Bonchev–Trinajstić information content (AvgIpc) is 2.83. The van der Waals surface area contributed by atoms with Gasteiger partial charge in [-0.3, -0.25) is 0 Å². The topological polar surface area (TPSA) is 59.4 Å². The molecule has 0 amide bonds. The van der Waals surface area contributed by atoms with Crippen molar-refractivity contribution in [1.29, 1.82) is 0 Å². The highest BCUT2D eigenvalue weighted by molar-refractivity contribution is 7.16. The normalized spacial score (nSPS) is 10.6. The third-order valence-corrected chi connectivity index (χ3v) is 3.78. The number of rotatable bonds is 4. The van der Waals surface area contributed by atoms with Crippen molar-refractivity contribution < 1.29 is 14.6 Å². The van der Waals surface area contributed by atoms with E-state index in [2.05, 4.69) is 4.98 Å². The molecule has 2 rings (SSSR count). The van der Waals surface area contributed by atoms with E-state index in [1.807, 2.05) is 17.5 Å². The van der Waals surface area contributed by atoms with Crippen LogP contribution in [-0.4, -0.2) is 23.2 Å². The van der Waals surface area contributed by atoms with E-state index in [1.165, 1.54) is 11.3 Å². The standard InChI is InChI=1S/C10H9NO3S2/c1-14-5-7-11-8(6-3-2-4-15-6)9(16-7)10(12)13/h2-4H,5H2,1H3,(H,12,13). The van der Waals surface area contributed by atoms with Crippen molar-refractivity contribution in [2.24, 2.45) is 0 Å². The summed E-state index contributed by atoms with van der Waals surface area (Å²) in [5.74, 6) is -0.941.